The lowest BCUT2D eigenvalue weighted by Gasteiger charge is -2.05. The van der Waals surface area contributed by atoms with Crippen LogP contribution in [-0.4, -0.2) is 4.98 Å². The average molecular weight is 674 g/mol. The molecular formula is C47H63NS. The van der Waals surface area contributed by atoms with E-state index < -0.39 is 0 Å². The molecule has 49 heavy (non-hydrogen) atoms. The SMILES string of the molecule is CCCCCCCCCCCCCCCCCCCCCCCCc1ccc2sc3c(ccc4c3ccc3c5cc(C)ccc5[nH]c34)c2c1. The molecule has 6 rings (SSSR count). The summed E-state index contributed by atoms with van der Waals surface area (Å²) in [6.07, 6.45) is 32.9. The summed E-state index contributed by atoms with van der Waals surface area (Å²) in [6.45, 7) is 4.48. The third-order valence-electron chi connectivity index (χ3n) is 11.2. The Morgan fingerprint density at radius 1 is 0.449 bits per heavy atom. The van der Waals surface area contributed by atoms with Crippen molar-refractivity contribution in [3.05, 3.63) is 71.8 Å². The summed E-state index contributed by atoms with van der Waals surface area (Å²) in [4.78, 5) is 3.73. The number of fused-ring (bicyclic) bond motifs is 9. The van der Waals surface area contributed by atoms with Gasteiger partial charge in [0.25, 0.3) is 0 Å². The van der Waals surface area contributed by atoms with Crippen LogP contribution in [0.5, 0.6) is 0 Å². The molecule has 1 N–H and O–H groups in total. The molecule has 2 heterocycles. The number of aromatic amines is 1. The molecule has 6 aromatic rings. The van der Waals surface area contributed by atoms with Crippen molar-refractivity contribution in [3.63, 3.8) is 0 Å². The molecule has 0 aliphatic rings. The van der Waals surface area contributed by atoms with E-state index in [0.717, 1.165) is 0 Å². The lowest BCUT2D eigenvalue weighted by molar-refractivity contribution is 0.519. The minimum Gasteiger partial charge on any atom is -0.354 e. The van der Waals surface area contributed by atoms with E-state index >= 15 is 0 Å². The lowest BCUT2D eigenvalue weighted by atomic mass is 10.0. The zero-order valence-corrected chi connectivity index (χ0v) is 31.8. The molecule has 0 bridgehead atoms. The van der Waals surface area contributed by atoms with Gasteiger partial charge in [0.1, 0.15) is 0 Å². The van der Waals surface area contributed by atoms with Crippen LogP contribution in [0.4, 0.5) is 0 Å². The van der Waals surface area contributed by atoms with E-state index in [9.17, 15) is 0 Å². The van der Waals surface area contributed by atoms with Gasteiger partial charge in [-0.3, -0.25) is 0 Å². The first-order valence-corrected chi connectivity index (χ1v) is 21.3. The highest BCUT2D eigenvalue weighted by Gasteiger charge is 2.13. The quantitative estimate of drug-likeness (QED) is 0.0652. The highest BCUT2D eigenvalue weighted by atomic mass is 32.1. The van der Waals surface area contributed by atoms with Gasteiger partial charge < -0.3 is 4.98 Å². The molecule has 0 unspecified atom stereocenters. The molecule has 0 aliphatic heterocycles. The monoisotopic (exact) mass is 673 g/mol. The van der Waals surface area contributed by atoms with Crippen LogP contribution in [0.1, 0.15) is 159 Å². The zero-order valence-electron chi connectivity index (χ0n) is 30.9. The van der Waals surface area contributed by atoms with Crippen LogP contribution in [0.2, 0.25) is 0 Å². The van der Waals surface area contributed by atoms with Gasteiger partial charge in [-0.2, -0.15) is 0 Å². The Morgan fingerprint density at radius 2 is 0.939 bits per heavy atom. The van der Waals surface area contributed by atoms with Gasteiger partial charge in [-0.15, -0.1) is 11.3 Å². The number of rotatable bonds is 23. The van der Waals surface area contributed by atoms with E-state index in [1.807, 2.05) is 11.3 Å². The van der Waals surface area contributed by atoms with Crippen LogP contribution in [-0.2, 0) is 6.42 Å². The van der Waals surface area contributed by atoms with Crippen molar-refractivity contribution in [3.8, 4) is 0 Å². The zero-order chi connectivity index (χ0) is 33.7. The normalized spacial score (nSPS) is 12.1. The first kappa shape index (κ1) is 36.0. The summed E-state index contributed by atoms with van der Waals surface area (Å²) < 4.78 is 2.83. The van der Waals surface area contributed by atoms with E-state index in [2.05, 4.69) is 79.5 Å². The summed E-state index contributed by atoms with van der Waals surface area (Å²) >= 11 is 1.96. The molecule has 1 nitrogen and oxygen atoms in total. The molecule has 2 aromatic heterocycles. The van der Waals surface area contributed by atoms with Crippen molar-refractivity contribution in [2.45, 2.75) is 162 Å². The van der Waals surface area contributed by atoms with Gasteiger partial charge in [-0.25, -0.2) is 0 Å². The molecule has 0 fully saturated rings. The minimum absolute atomic E-state index is 1.20. The average Bonchev–Trinajstić information content (AvgIpc) is 3.68. The Hall–Kier alpha value is -2.84. The van der Waals surface area contributed by atoms with Gasteiger partial charge in [0, 0.05) is 47.2 Å². The highest BCUT2D eigenvalue weighted by molar-refractivity contribution is 7.26. The number of H-pyrrole nitrogens is 1. The van der Waals surface area contributed by atoms with Crippen LogP contribution >= 0.6 is 11.3 Å². The molecule has 2 heteroatoms. The minimum atomic E-state index is 1.20. The second kappa shape index (κ2) is 19.0. The topological polar surface area (TPSA) is 15.8 Å². The molecule has 0 saturated carbocycles. The summed E-state index contributed by atoms with van der Waals surface area (Å²) in [5.41, 5.74) is 5.31. The summed E-state index contributed by atoms with van der Waals surface area (Å²) in [5.74, 6) is 0. The molecule has 0 atom stereocenters. The Kier molecular flexibility index (Phi) is 13.9. The maximum Gasteiger partial charge on any atom is 0.0545 e. The summed E-state index contributed by atoms with van der Waals surface area (Å²) in [6, 6.07) is 23.4. The number of nitrogens with one attached hydrogen (secondary N) is 1. The Labute approximate surface area is 301 Å². The van der Waals surface area contributed by atoms with E-state index in [0.29, 0.717) is 0 Å². The van der Waals surface area contributed by atoms with Crippen LogP contribution in [0.15, 0.2) is 60.7 Å². The van der Waals surface area contributed by atoms with Crippen LogP contribution in [0.3, 0.4) is 0 Å². The summed E-state index contributed by atoms with van der Waals surface area (Å²) in [7, 11) is 0. The van der Waals surface area contributed by atoms with E-state index in [-0.39, 0.29) is 0 Å². The number of aryl methyl sites for hydroxylation is 2. The molecule has 0 amide bonds. The lowest BCUT2D eigenvalue weighted by Crippen LogP contribution is -1.87. The van der Waals surface area contributed by atoms with Crippen LogP contribution in [0.25, 0.3) is 52.8 Å². The molecule has 4 aromatic carbocycles. The van der Waals surface area contributed by atoms with Crippen LogP contribution < -0.4 is 0 Å². The van der Waals surface area contributed by atoms with Crippen molar-refractivity contribution < 1.29 is 0 Å². The molecular weight excluding hydrogens is 611 g/mol. The largest absolute Gasteiger partial charge is 0.354 e. The van der Waals surface area contributed by atoms with Gasteiger partial charge in [-0.05, 0) is 49.6 Å². The fourth-order valence-electron chi connectivity index (χ4n) is 8.26. The van der Waals surface area contributed by atoms with Crippen molar-refractivity contribution in [2.24, 2.45) is 0 Å². The van der Waals surface area contributed by atoms with Gasteiger partial charge in [0.15, 0.2) is 0 Å². The van der Waals surface area contributed by atoms with E-state index in [4.69, 9.17) is 0 Å². The third-order valence-corrected chi connectivity index (χ3v) is 12.5. The molecule has 0 spiro atoms. The van der Waals surface area contributed by atoms with Gasteiger partial charge in [-0.1, -0.05) is 184 Å². The molecule has 0 saturated heterocycles. The van der Waals surface area contributed by atoms with E-state index in [1.54, 1.807) is 0 Å². The predicted molar refractivity (Wildman–Crippen MR) is 222 cm³/mol. The van der Waals surface area contributed by atoms with Crippen LogP contribution in [0, 0.1) is 6.92 Å². The third kappa shape index (κ3) is 9.69. The maximum atomic E-state index is 3.73. The standard InChI is InChI=1S/C47H63NS/c1-3-4-5-6-7-8-9-10-11-12-13-14-15-16-17-18-19-20-21-22-23-24-25-37-27-33-45-43(35-37)41-31-28-38-40(47(41)49-45)30-29-39-42-34-36(2)26-32-44(42)48-46(38)39/h26-35,48H,3-25H2,1-2H3. The van der Waals surface area contributed by atoms with Crippen molar-refractivity contribution in [2.75, 3.05) is 0 Å². The molecule has 0 radical (unpaired) electrons. The number of hydrogen-bond acceptors (Lipinski definition) is 1. The number of unbranched alkanes of at least 4 members (excludes halogenated alkanes) is 21. The van der Waals surface area contributed by atoms with Gasteiger partial charge in [0.2, 0.25) is 0 Å². The molecule has 262 valence electrons. The van der Waals surface area contributed by atoms with E-state index in [1.165, 1.54) is 212 Å². The van der Waals surface area contributed by atoms with Crippen molar-refractivity contribution in [1.82, 2.24) is 4.98 Å². The fraction of sp³-hybridized carbons (Fsp3) is 0.532. The fourth-order valence-corrected chi connectivity index (χ4v) is 9.47. The number of benzene rings is 4. The van der Waals surface area contributed by atoms with Crippen molar-refractivity contribution in [1.29, 1.82) is 0 Å². The van der Waals surface area contributed by atoms with Crippen molar-refractivity contribution >= 4 is 64.1 Å². The number of aromatic nitrogens is 1. The first-order chi connectivity index (χ1) is 24.2. The Bertz CT molecular complexity index is 1890. The second-order valence-electron chi connectivity index (χ2n) is 15.3. The smallest absolute Gasteiger partial charge is 0.0545 e. The second-order valence-corrected chi connectivity index (χ2v) is 16.4. The predicted octanol–water partition coefficient (Wildman–Crippen LogP) is 16.3. The maximum absolute atomic E-state index is 3.73. The molecule has 0 aliphatic carbocycles. The number of thiophene rings is 1. The Morgan fingerprint density at radius 3 is 1.51 bits per heavy atom. The first-order valence-electron chi connectivity index (χ1n) is 20.5. The Balaban J connectivity index is 0.841. The van der Waals surface area contributed by atoms with Gasteiger partial charge in [0.05, 0.1) is 5.52 Å². The summed E-state index contributed by atoms with van der Waals surface area (Å²) in [5, 5.41) is 8.21. The highest BCUT2D eigenvalue weighted by Crippen LogP contribution is 2.41. The number of hydrogen-bond donors (Lipinski definition) is 1. The van der Waals surface area contributed by atoms with Gasteiger partial charge >= 0.3 is 0 Å².